The van der Waals surface area contributed by atoms with Crippen molar-refractivity contribution in [1.82, 2.24) is 15.0 Å². The first-order valence-electron chi connectivity index (χ1n) is 10.2. The fraction of sp³-hybridized carbons (Fsp3) is 0.348. The predicted molar refractivity (Wildman–Crippen MR) is 114 cm³/mol. The van der Waals surface area contributed by atoms with E-state index >= 15 is 0 Å². The molecule has 1 aliphatic rings. The highest BCUT2D eigenvalue weighted by atomic mass is 35.5. The van der Waals surface area contributed by atoms with Gasteiger partial charge in [-0.2, -0.15) is 4.98 Å². The molecule has 0 aliphatic carbocycles. The molecule has 0 bridgehead atoms. The number of halogens is 1. The van der Waals surface area contributed by atoms with Crippen molar-refractivity contribution in [1.29, 1.82) is 0 Å². The van der Waals surface area contributed by atoms with Crippen LogP contribution in [0.25, 0.3) is 11.5 Å². The van der Waals surface area contributed by atoms with Gasteiger partial charge in [0, 0.05) is 36.0 Å². The largest absolute Gasteiger partial charge is 0.494 e. The molecule has 1 saturated heterocycles. The van der Waals surface area contributed by atoms with Crippen LogP contribution in [0.5, 0.6) is 5.75 Å². The Kier molecular flexibility index (Phi) is 6.33. The summed E-state index contributed by atoms with van der Waals surface area (Å²) in [7, 11) is 0. The Morgan fingerprint density at radius 3 is 2.77 bits per heavy atom. The number of aromatic nitrogens is 2. The van der Waals surface area contributed by atoms with Gasteiger partial charge in [-0.25, -0.2) is 0 Å². The molecule has 1 amide bonds. The summed E-state index contributed by atoms with van der Waals surface area (Å²) in [5.41, 5.74) is 1.76. The Labute approximate surface area is 180 Å². The van der Waals surface area contributed by atoms with Crippen LogP contribution in [0.15, 0.2) is 53.1 Å². The van der Waals surface area contributed by atoms with E-state index in [1.165, 1.54) is 0 Å². The second-order valence-electron chi connectivity index (χ2n) is 7.45. The highest BCUT2D eigenvalue weighted by Gasteiger charge is 2.34. The lowest BCUT2D eigenvalue weighted by Crippen LogP contribution is -2.24. The molecule has 7 heteroatoms. The Morgan fingerprint density at radius 2 is 2.00 bits per heavy atom. The summed E-state index contributed by atoms with van der Waals surface area (Å²) < 4.78 is 11.1. The van der Waals surface area contributed by atoms with Crippen molar-refractivity contribution in [3.05, 3.63) is 64.9 Å². The highest BCUT2D eigenvalue weighted by molar-refractivity contribution is 6.31. The number of hydrogen-bond donors (Lipinski definition) is 0. The topological polar surface area (TPSA) is 68.5 Å². The molecule has 0 radical (unpaired) electrons. The van der Waals surface area contributed by atoms with Gasteiger partial charge in [0.2, 0.25) is 5.91 Å². The van der Waals surface area contributed by atoms with E-state index in [9.17, 15) is 4.79 Å². The Bertz CT molecular complexity index is 1000. The van der Waals surface area contributed by atoms with Crippen molar-refractivity contribution in [2.45, 2.75) is 38.6 Å². The molecular weight excluding hydrogens is 402 g/mol. The van der Waals surface area contributed by atoms with Crippen LogP contribution in [-0.2, 0) is 11.3 Å². The van der Waals surface area contributed by atoms with Crippen LogP contribution >= 0.6 is 11.6 Å². The lowest BCUT2D eigenvalue weighted by molar-refractivity contribution is -0.128. The number of nitrogens with zero attached hydrogens (tertiary/aromatic N) is 3. The van der Waals surface area contributed by atoms with Crippen LogP contribution in [-0.4, -0.2) is 34.1 Å². The smallest absolute Gasteiger partial charge is 0.257 e. The number of carbonyl (C=O) groups excluding carboxylic acids is 1. The maximum Gasteiger partial charge on any atom is 0.257 e. The van der Waals surface area contributed by atoms with Gasteiger partial charge in [0.05, 0.1) is 6.61 Å². The molecule has 1 unspecified atom stereocenters. The summed E-state index contributed by atoms with van der Waals surface area (Å²) in [6, 6.07) is 15.2. The molecule has 3 aromatic rings. The molecule has 156 valence electrons. The number of carbonyl (C=O) groups is 1. The van der Waals surface area contributed by atoms with Crippen LogP contribution in [0, 0.1) is 0 Å². The molecule has 1 atom stereocenters. The van der Waals surface area contributed by atoms with Gasteiger partial charge in [0.15, 0.2) is 5.82 Å². The van der Waals surface area contributed by atoms with Crippen LogP contribution in [0.1, 0.15) is 43.5 Å². The van der Waals surface area contributed by atoms with Crippen molar-refractivity contribution in [3.63, 3.8) is 0 Å². The SMILES string of the molecule is CCCCOc1ccc(-c2nc(C3CC(=O)N(Cc4ccccc4Cl)C3)no2)cc1. The van der Waals surface area contributed by atoms with Gasteiger partial charge >= 0.3 is 0 Å². The third-order valence-electron chi connectivity index (χ3n) is 5.21. The number of amides is 1. The number of benzene rings is 2. The molecular formula is C23H24ClN3O3. The zero-order chi connectivity index (χ0) is 20.9. The minimum atomic E-state index is -0.0888. The molecule has 4 rings (SSSR count). The quantitative estimate of drug-likeness (QED) is 0.470. The van der Waals surface area contributed by atoms with E-state index < -0.39 is 0 Å². The van der Waals surface area contributed by atoms with E-state index in [1.807, 2.05) is 48.5 Å². The number of hydrogen-bond acceptors (Lipinski definition) is 5. The van der Waals surface area contributed by atoms with Crippen LogP contribution in [0.3, 0.4) is 0 Å². The summed E-state index contributed by atoms with van der Waals surface area (Å²) >= 11 is 6.23. The summed E-state index contributed by atoms with van der Waals surface area (Å²) in [5, 5.41) is 4.79. The van der Waals surface area contributed by atoms with Crippen molar-refractivity contribution in [3.8, 4) is 17.2 Å². The number of unbranched alkanes of at least 4 members (excludes halogenated alkanes) is 1. The third-order valence-corrected chi connectivity index (χ3v) is 5.58. The molecule has 6 nitrogen and oxygen atoms in total. The minimum Gasteiger partial charge on any atom is -0.494 e. The minimum absolute atomic E-state index is 0.0693. The van der Waals surface area contributed by atoms with Gasteiger partial charge < -0.3 is 14.2 Å². The first kappa shape index (κ1) is 20.4. The standard InChI is InChI=1S/C23H24ClN3O3/c1-2-3-12-29-19-10-8-16(9-11-19)23-25-22(26-30-23)18-13-21(28)27(15-18)14-17-6-4-5-7-20(17)24/h4-11,18H,2-3,12-15H2,1H3. The first-order valence-corrected chi connectivity index (χ1v) is 10.6. The van der Waals surface area contributed by atoms with Gasteiger partial charge in [-0.05, 0) is 42.3 Å². The molecule has 2 heterocycles. The third kappa shape index (κ3) is 4.65. The van der Waals surface area contributed by atoms with Crippen molar-refractivity contribution in [2.24, 2.45) is 0 Å². The number of likely N-dealkylation sites (tertiary alicyclic amines) is 1. The van der Waals surface area contributed by atoms with Gasteiger partial charge in [-0.3, -0.25) is 4.79 Å². The summed E-state index contributed by atoms with van der Waals surface area (Å²) in [6.07, 6.45) is 2.50. The van der Waals surface area contributed by atoms with Crippen molar-refractivity contribution in [2.75, 3.05) is 13.2 Å². The normalized spacial score (nSPS) is 16.3. The fourth-order valence-electron chi connectivity index (χ4n) is 3.48. The monoisotopic (exact) mass is 425 g/mol. The summed E-state index contributed by atoms with van der Waals surface area (Å²) in [4.78, 5) is 18.8. The van der Waals surface area contributed by atoms with Gasteiger partial charge in [0.1, 0.15) is 5.75 Å². The van der Waals surface area contributed by atoms with Crippen LogP contribution in [0.2, 0.25) is 5.02 Å². The van der Waals surface area contributed by atoms with E-state index in [1.54, 1.807) is 4.90 Å². The summed E-state index contributed by atoms with van der Waals surface area (Å²) in [5.74, 6) is 1.81. The predicted octanol–water partition coefficient (Wildman–Crippen LogP) is 5.09. The molecule has 2 aromatic carbocycles. The Morgan fingerprint density at radius 1 is 1.20 bits per heavy atom. The lowest BCUT2D eigenvalue weighted by Gasteiger charge is -2.16. The Hall–Kier alpha value is -2.86. The zero-order valence-electron chi connectivity index (χ0n) is 16.9. The van der Waals surface area contributed by atoms with Crippen molar-refractivity contribution >= 4 is 17.5 Å². The molecule has 1 aromatic heterocycles. The molecule has 30 heavy (non-hydrogen) atoms. The van der Waals surface area contributed by atoms with Crippen molar-refractivity contribution < 1.29 is 14.1 Å². The van der Waals surface area contributed by atoms with E-state index in [2.05, 4.69) is 17.1 Å². The Balaban J connectivity index is 1.40. The average Bonchev–Trinajstić information content (AvgIpc) is 3.38. The van der Waals surface area contributed by atoms with Gasteiger partial charge in [-0.1, -0.05) is 48.3 Å². The fourth-order valence-corrected chi connectivity index (χ4v) is 3.67. The van der Waals surface area contributed by atoms with Crippen LogP contribution < -0.4 is 4.74 Å². The lowest BCUT2D eigenvalue weighted by atomic mass is 10.1. The highest BCUT2D eigenvalue weighted by Crippen LogP contribution is 2.30. The maximum absolute atomic E-state index is 12.5. The number of rotatable bonds is 8. The van der Waals surface area contributed by atoms with Crippen LogP contribution in [0.4, 0.5) is 0 Å². The van der Waals surface area contributed by atoms with E-state index in [-0.39, 0.29) is 11.8 Å². The summed E-state index contributed by atoms with van der Waals surface area (Å²) in [6.45, 7) is 3.88. The molecule has 1 fully saturated rings. The van der Waals surface area contributed by atoms with E-state index in [0.29, 0.717) is 42.9 Å². The van der Waals surface area contributed by atoms with E-state index in [0.717, 1.165) is 29.7 Å². The second-order valence-corrected chi connectivity index (χ2v) is 7.86. The molecule has 1 aliphatic heterocycles. The first-order chi connectivity index (χ1) is 14.6. The molecule has 0 saturated carbocycles. The molecule has 0 N–H and O–H groups in total. The average molecular weight is 426 g/mol. The van der Waals surface area contributed by atoms with Gasteiger partial charge in [0.25, 0.3) is 5.89 Å². The maximum atomic E-state index is 12.5. The number of ether oxygens (including phenoxy) is 1. The van der Waals surface area contributed by atoms with Gasteiger partial charge in [-0.15, -0.1) is 0 Å². The second kappa shape index (κ2) is 9.30. The zero-order valence-corrected chi connectivity index (χ0v) is 17.6. The molecule has 0 spiro atoms. The van der Waals surface area contributed by atoms with E-state index in [4.69, 9.17) is 20.9 Å².